The SMILES string of the molecule is C/C=C/CCc1ccc(-c2ccc(C3CCC4CC(/C=C/C)CCC4C3)cc2)cc1. The molecule has 2 fully saturated rings. The first-order valence-corrected chi connectivity index (χ1v) is 12.2. The molecular weight excluding hydrogens is 360 g/mol. The van der Waals surface area contributed by atoms with Gasteiger partial charge in [0.1, 0.15) is 0 Å². The van der Waals surface area contributed by atoms with Gasteiger partial charge in [0.2, 0.25) is 0 Å². The molecule has 0 nitrogen and oxygen atoms in total. The van der Waals surface area contributed by atoms with Crippen LogP contribution in [0.1, 0.15) is 75.8 Å². The first-order valence-electron chi connectivity index (χ1n) is 12.2. The Kier molecular flexibility index (Phi) is 7.26. The highest BCUT2D eigenvalue weighted by Gasteiger charge is 2.35. The maximum Gasteiger partial charge on any atom is -0.0159 e. The first-order chi connectivity index (χ1) is 14.8. The van der Waals surface area contributed by atoms with Crippen LogP contribution in [0.4, 0.5) is 0 Å². The maximum atomic E-state index is 2.45. The predicted molar refractivity (Wildman–Crippen MR) is 131 cm³/mol. The Labute approximate surface area is 184 Å². The fraction of sp³-hybridized carbons (Fsp3) is 0.467. The highest BCUT2D eigenvalue weighted by atomic mass is 14.4. The van der Waals surface area contributed by atoms with Crippen molar-refractivity contribution in [3.05, 3.63) is 84.0 Å². The van der Waals surface area contributed by atoms with Crippen LogP contribution in [0.5, 0.6) is 0 Å². The molecule has 4 rings (SSSR count). The van der Waals surface area contributed by atoms with E-state index in [1.54, 1.807) is 5.56 Å². The van der Waals surface area contributed by atoms with Crippen molar-refractivity contribution in [3.8, 4) is 11.1 Å². The molecule has 2 aliphatic carbocycles. The summed E-state index contributed by atoms with van der Waals surface area (Å²) in [7, 11) is 0. The lowest BCUT2D eigenvalue weighted by Gasteiger charge is -2.41. The van der Waals surface area contributed by atoms with Gasteiger partial charge >= 0.3 is 0 Å². The third kappa shape index (κ3) is 5.15. The second kappa shape index (κ2) is 10.3. The number of aryl methyl sites for hydroxylation is 1. The molecule has 0 saturated heterocycles. The molecule has 0 bridgehead atoms. The summed E-state index contributed by atoms with van der Waals surface area (Å²) in [6.45, 7) is 4.26. The number of rotatable bonds is 6. The Morgan fingerprint density at radius 2 is 1.40 bits per heavy atom. The number of allylic oxidation sites excluding steroid dienone is 4. The number of hydrogen-bond donors (Lipinski definition) is 0. The zero-order valence-electron chi connectivity index (χ0n) is 18.9. The monoisotopic (exact) mass is 398 g/mol. The summed E-state index contributed by atoms with van der Waals surface area (Å²) in [5, 5.41) is 0. The van der Waals surface area contributed by atoms with Crippen LogP contribution in [0.3, 0.4) is 0 Å². The van der Waals surface area contributed by atoms with Gasteiger partial charge in [0.15, 0.2) is 0 Å². The minimum Gasteiger partial charge on any atom is -0.0917 e. The second-order valence-corrected chi connectivity index (χ2v) is 9.56. The molecule has 2 aromatic rings. The van der Waals surface area contributed by atoms with Crippen molar-refractivity contribution in [2.75, 3.05) is 0 Å². The Balaban J connectivity index is 1.36. The summed E-state index contributed by atoms with van der Waals surface area (Å²) in [4.78, 5) is 0. The van der Waals surface area contributed by atoms with E-state index >= 15 is 0 Å². The Morgan fingerprint density at radius 1 is 0.733 bits per heavy atom. The molecule has 158 valence electrons. The number of benzene rings is 2. The first kappa shape index (κ1) is 21.2. The van der Waals surface area contributed by atoms with Crippen LogP contribution in [0.25, 0.3) is 11.1 Å². The Morgan fingerprint density at radius 3 is 2.10 bits per heavy atom. The van der Waals surface area contributed by atoms with E-state index in [0.29, 0.717) is 0 Å². The summed E-state index contributed by atoms with van der Waals surface area (Å²) in [5.74, 6) is 3.55. The van der Waals surface area contributed by atoms with Gasteiger partial charge in [0.25, 0.3) is 0 Å². The van der Waals surface area contributed by atoms with Gasteiger partial charge in [-0.15, -0.1) is 0 Å². The summed E-state index contributed by atoms with van der Waals surface area (Å²) in [6, 6.07) is 18.7. The van der Waals surface area contributed by atoms with Crippen LogP contribution in [0, 0.1) is 17.8 Å². The van der Waals surface area contributed by atoms with Crippen LogP contribution in [0.2, 0.25) is 0 Å². The molecule has 4 unspecified atom stereocenters. The zero-order valence-corrected chi connectivity index (χ0v) is 18.9. The molecule has 0 aliphatic heterocycles. The molecular formula is C30H38. The molecule has 2 aliphatic rings. The van der Waals surface area contributed by atoms with Gasteiger partial charge < -0.3 is 0 Å². The van der Waals surface area contributed by atoms with E-state index in [1.807, 2.05) is 0 Å². The van der Waals surface area contributed by atoms with Crippen LogP contribution in [-0.2, 0) is 6.42 Å². The molecule has 2 aromatic carbocycles. The van der Waals surface area contributed by atoms with Gasteiger partial charge in [-0.3, -0.25) is 0 Å². The molecule has 0 N–H and O–H groups in total. The fourth-order valence-electron chi connectivity index (χ4n) is 5.90. The van der Waals surface area contributed by atoms with E-state index in [0.717, 1.165) is 36.5 Å². The lowest BCUT2D eigenvalue weighted by Crippen LogP contribution is -2.30. The van der Waals surface area contributed by atoms with Gasteiger partial charge in [-0.05, 0) is 111 Å². The average Bonchev–Trinajstić information content (AvgIpc) is 2.80. The third-order valence-electron chi connectivity index (χ3n) is 7.62. The van der Waals surface area contributed by atoms with E-state index < -0.39 is 0 Å². The quantitative estimate of drug-likeness (QED) is 0.427. The molecule has 0 heterocycles. The van der Waals surface area contributed by atoms with Crippen molar-refractivity contribution in [2.24, 2.45) is 17.8 Å². The van der Waals surface area contributed by atoms with Gasteiger partial charge in [0, 0.05) is 0 Å². The van der Waals surface area contributed by atoms with Gasteiger partial charge in [-0.2, -0.15) is 0 Å². The van der Waals surface area contributed by atoms with Gasteiger partial charge in [0.05, 0.1) is 0 Å². The molecule has 30 heavy (non-hydrogen) atoms. The smallest absolute Gasteiger partial charge is 0.0159 e. The van der Waals surface area contributed by atoms with Crippen molar-refractivity contribution in [2.45, 2.75) is 71.1 Å². The maximum absolute atomic E-state index is 2.45. The van der Waals surface area contributed by atoms with Crippen LogP contribution < -0.4 is 0 Å². The minimum absolute atomic E-state index is 0.771. The van der Waals surface area contributed by atoms with E-state index in [2.05, 4.69) is 86.7 Å². The molecule has 0 heteroatoms. The summed E-state index contributed by atoms with van der Waals surface area (Å²) >= 11 is 0. The van der Waals surface area contributed by atoms with Crippen molar-refractivity contribution in [1.82, 2.24) is 0 Å². The highest BCUT2D eigenvalue weighted by molar-refractivity contribution is 5.64. The molecule has 0 spiro atoms. The third-order valence-corrected chi connectivity index (χ3v) is 7.62. The van der Waals surface area contributed by atoms with Crippen molar-refractivity contribution >= 4 is 0 Å². The molecule has 0 radical (unpaired) electrons. The van der Waals surface area contributed by atoms with Crippen molar-refractivity contribution in [1.29, 1.82) is 0 Å². The summed E-state index contributed by atoms with van der Waals surface area (Å²) < 4.78 is 0. The van der Waals surface area contributed by atoms with Crippen LogP contribution >= 0.6 is 0 Å². The van der Waals surface area contributed by atoms with Crippen molar-refractivity contribution in [3.63, 3.8) is 0 Å². The summed E-state index contributed by atoms with van der Waals surface area (Å²) in [5.41, 5.74) is 5.67. The van der Waals surface area contributed by atoms with Crippen molar-refractivity contribution < 1.29 is 0 Å². The topological polar surface area (TPSA) is 0 Å². The molecule has 4 atom stereocenters. The predicted octanol–water partition coefficient (Wildman–Crippen LogP) is 8.74. The van der Waals surface area contributed by atoms with E-state index in [4.69, 9.17) is 0 Å². The minimum atomic E-state index is 0.771. The van der Waals surface area contributed by atoms with Crippen LogP contribution in [0.15, 0.2) is 72.8 Å². The Bertz CT molecular complexity index is 837. The molecule has 0 amide bonds. The lowest BCUT2D eigenvalue weighted by molar-refractivity contribution is 0.133. The van der Waals surface area contributed by atoms with Crippen LogP contribution in [-0.4, -0.2) is 0 Å². The Hall–Kier alpha value is -2.08. The van der Waals surface area contributed by atoms with E-state index in [9.17, 15) is 0 Å². The van der Waals surface area contributed by atoms with Gasteiger partial charge in [-0.25, -0.2) is 0 Å². The fourth-order valence-corrected chi connectivity index (χ4v) is 5.90. The molecule has 0 aromatic heterocycles. The van der Waals surface area contributed by atoms with E-state index in [1.165, 1.54) is 55.2 Å². The average molecular weight is 399 g/mol. The van der Waals surface area contributed by atoms with E-state index in [-0.39, 0.29) is 0 Å². The number of fused-ring (bicyclic) bond motifs is 1. The van der Waals surface area contributed by atoms with Gasteiger partial charge in [-0.1, -0.05) is 72.8 Å². The lowest BCUT2D eigenvalue weighted by atomic mass is 9.64. The summed E-state index contributed by atoms with van der Waals surface area (Å²) in [6.07, 6.45) is 19.8. The highest BCUT2D eigenvalue weighted by Crippen LogP contribution is 2.47. The molecule has 2 saturated carbocycles. The zero-order chi connectivity index (χ0) is 20.8. The number of hydrogen-bond acceptors (Lipinski definition) is 0. The largest absolute Gasteiger partial charge is 0.0917 e. The standard InChI is InChI=1S/C30H38/c1-3-5-6-8-23-9-12-25(13-10-23)26-15-17-27(18-16-26)29-20-19-28-21-24(7-4-2)11-14-30(28)22-29/h3-5,7,9-10,12-13,15-18,24,28-30H,6,8,11,14,19-22H2,1-2H3/b5-3+,7-4+. The normalized spacial score (nSPS) is 26.9. The second-order valence-electron chi connectivity index (χ2n) is 9.56.